The Hall–Kier alpha value is -2.50. The SMILES string of the molecule is O=C(Nc1ccccc1Cl)N1CCN(CCc2c[nH]c3ccccc23)CC1. The van der Waals surface area contributed by atoms with Gasteiger partial charge in [0.1, 0.15) is 0 Å². The zero-order chi connectivity index (χ0) is 18.6. The summed E-state index contributed by atoms with van der Waals surface area (Å²) in [5, 5.41) is 4.76. The summed E-state index contributed by atoms with van der Waals surface area (Å²) in [7, 11) is 0. The Bertz CT molecular complexity index is 931. The highest BCUT2D eigenvalue weighted by Gasteiger charge is 2.21. The number of carbonyl (C=O) groups is 1. The number of piperazine rings is 1. The summed E-state index contributed by atoms with van der Waals surface area (Å²) in [5.41, 5.74) is 3.20. The normalized spacial score (nSPS) is 15.2. The highest BCUT2D eigenvalue weighted by Crippen LogP contribution is 2.21. The molecular weight excluding hydrogens is 360 g/mol. The average molecular weight is 383 g/mol. The number of amides is 2. The first kappa shape index (κ1) is 17.9. The third-order valence-corrected chi connectivity index (χ3v) is 5.48. The Morgan fingerprint density at radius 2 is 1.78 bits per heavy atom. The second kappa shape index (κ2) is 8.03. The van der Waals surface area contributed by atoms with E-state index in [0.717, 1.165) is 39.1 Å². The number of benzene rings is 2. The molecule has 2 aromatic carbocycles. The lowest BCUT2D eigenvalue weighted by atomic mass is 10.1. The Kier molecular flexibility index (Phi) is 5.32. The quantitative estimate of drug-likeness (QED) is 0.710. The number of nitrogens with zero attached hydrogens (tertiary/aromatic N) is 2. The topological polar surface area (TPSA) is 51.4 Å². The Labute approximate surface area is 163 Å². The number of hydrogen-bond acceptors (Lipinski definition) is 2. The first-order valence-electron chi connectivity index (χ1n) is 9.28. The van der Waals surface area contributed by atoms with Crippen molar-refractivity contribution >= 4 is 34.2 Å². The molecule has 1 aliphatic heterocycles. The number of aromatic amines is 1. The molecule has 0 unspecified atom stereocenters. The minimum Gasteiger partial charge on any atom is -0.361 e. The molecule has 0 saturated carbocycles. The highest BCUT2D eigenvalue weighted by atomic mass is 35.5. The van der Waals surface area contributed by atoms with Gasteiger partial charge in [-0.25, -0.2) is 4.79 Å². The van der Waals surface area contributed by atoms with Crippen molar-refractivity contribution in [3.63, 3.8) is 0 Å². The van der Waals surface area contributed by atoms with Crippen molar-refractivity contribution in [2.75, 3.05) is 38.0 Å². The van der Waals surface area contributed by atoms with Crippen LogP contribution in [0.15, 0.2) is 54.7 Å². The van der Waals surface area contributed by atoms with E-state index in [9.17, 15) is 4.79 Å². The number of fused-ring (bicyclic) bond motifs is 1. The maximum atomic E-state index is 12.5. The Morgan fingerprint density at radius 1 is 1.04 bits per heavy atom. The number of H-pyrrole nitrogens is 1. The molecule has 0 bridgehead atoms. The molecule has 140 valence electrons. The molecule has 3 aromatic rings. The molecule has 2 N–H and O–H groups in total. The molecular formula is C21H23ClN4O. The van der Waals surface area contributed by atoms with E-state index in [-0.39, 0.29) is 6.03 Å². The van der Waals surface area contributed by atoms with Gasteiger partial charge < -0.3 is 15.2 Å². The minimum absolute atomic E-state index is 0.0839. The van der Waals surface area contributed by atoms with Gasteiger partial charge >= 0.3 is 6.03 Å². The Balaban J connectivity index is 1.27. The van der Waals surface area contributed by atoms with Gasteiger partial charge in [0.25, 0.3) is 0 Å². The van der Waals surface area contributed by atoms with Crippen LogP contribution in [0.4, 0.5) is 10.5 Å². The molecule has 0 aliphatic carbocycles. The van der Waals surface area contributed by atoms with Crippen LogP contribution >= 0.6 is 11.6 Å². The monoisotopic (exact) mass is 382 g/mol. The molecule has 1 saturated heterocycles. The maximum Gasteiger partial charge on any atom is 0.321 e. The van der Waals surface area contributed by atoms with E-state index in [2.05, 4.69) is 45.7 Å². The van der Waals surface area contributed by atoms with Crippen LogP contribution in [0.5, 0.6) is 0 Å². The molecule has 0 atom stereocenters. The molecule has 2 heterocycles. The fourth-order valence-corrected chi connectivity index (χ4v) is 3.73. The van der Waals surface area contributed by atoms with E-state index in [0.29, 0.717) is 10.7 Å². The number of anilines is 1. The van der Waals surface area contributed by atoms with E-state index >= 15 is 0 Å². The van der Waals surface area contributed by atoms with Crippen molar-refractivity contribution in [1.82, 2.24) is 14.8 Å². The van der Waals surface area contributed by atoms with Crippen molar-refractivity contribution in [2.24, 2.45) is 0 Å². The predicted octanol–water partition coefficient (Wildman–Crippen LogP) is 4.21. The van der Waals surface area contributed by atoms with Gasteiger partial charge in [0.15, 0.2) is 0 Å². The molecule has 4 rings (SSSR count). The minimum atomic E-state index is -0.0839. The number of urea groups is 1. The number of nitrogens with one attached hydrogen (secondary N) is 2. The molecule has 0 spiro atoms. The second-order valence-electron chi connectivity index (χ2n) is 6.85. The second-order valence-corrected chi connectivity index (χ2v) is 7.26. The lowest BCUT2D eigenvalue weighted by molar-refractivity contribution is 0.148. The molecule has 1 aromatic heterocycles. The summed E-state index contributed by atoms with van der Waals surface area (Å²) in [6.45, 7) is 4.23. The van der Waals surface area contributed by atoms with E-state index in [1.54, 1.807) is 6.07 Å². The van der Waals surface area contributed by atoms with Gasteiger partial charge in [-0.05, 0) is 30.2 Å². The van der Waals surface area contributed by atoms with Crippen LogP contribution in [-0.4, -0.2) is 53.5 Å². The van der Waals surface area contributed by atoms with Crippen LogP contribution in [-0.2, 0) is 6.42 Å². The lowest BCUT2D eigenvalue weighted by Gasteiger charge is -2.34. The fourth-order valence-electron chi connectivity index (χ4n) is 3.55. The standard InChI is InChI=1S/C21H23ClN4O/c22-18-6-2-4-8-20(18)24-21(27)26-13-11-25(12-14-26)10-9-16-15-23-19-7-3-1-5-17(16)19/h1-8,15,23H,9-14H2,(H,24,27). The third-order valence-electron chi connectivity index (χ3n) is 5.15. The zero-order valence-electron chi connectivity index (χ0n) is 15.1. The molecule has 1 aliphatic rings. The number of aromatic nitrogens is 1. The van der Waals surface area contributed by atoms with Gasteiger partial charge in [0.05, 0.1) is 10.7 Å². The number of halogens is 1. The van der Waals surface area contributed by atoms with E-state index < -0.39 is 0 Å². The molecule has 0 radical (unpaired) electrons. The van der Waals surface area contributed by atoms with Gasteiger partial charge in [-0.2, -0.15) is 0 Å². The summed E-state index contributed by atoms with van der Waals surface area (Å²) in [6, 6.07) is 15.6. The fraction of sp³-hybridized carbons (Fsp3) is 0.286. The summed E-state index contributed by atoms with van der Waals surface area (Å²) < 4.78 is 0. The van der Waals surface area contributed by atoms with Crippen LogP contribution in [0.25, 0.3) is 10.9 Å². The van der Waals surface area contributed by atoms with E-state index in [1.807, 2.05) is 23.1 Å². The van der Waals surface area contributed by atoms with Gasteiger partial charge in [-0.3, -0.25) is 4.90 Å². The molecule has 2 amide bonds. The summed E-state index contributed by atoms with van der Waals surface area (Å²) in [6.07, 6.45) is 3.12. The number of hydrogen-bond donors (Lipinski definition) is 2. The first-order valence-corrected chi connectivity index (χ1v) is 9.66. The molecule has 5 nitrogen and oxygen atoms in total. The smallest absolute Gasteiger partial charge is 0.321 e. The van der Waals surface area contributed by atoms with Crippen LogP contribution < -0.4 is 5.32 Å². The molecule has 27 heavy (non-hydrogen) atoms. The summed E-state index contributed by atoms with van der Waals surface area (Å²) in [5.74, 6) is 0. The van der Waals surface area contributed by atoms with Crippen LogP contribution in [0, 0.1) is 0 Å². The van der Waals surface area contributed by atoms with E-state index in [1.165, 1.54) is 16.5 Å². The molecule has 1 fully saturated rings. The van der Waals surface area contributed by atoms with Gasteiger partial charge in [0, 0.05) is 49.8 Å². The average Bonchev–Trinajstić information content (AvgIpc) is 3.12. The van der Waals surface area contributed by atoms with Gasteiger partial charge in [-0.1, -0.05) is 41.9 Å². The van der Waals surface area contributed by atoms with Crippen molar-refractivity contribution in [3.05, 3.63) is 65.3 Å². The van der Waals surface area contributed by atoms with Gasteiger partial charge in [-0.15, -0.1) is 0 Å². The van der Waals surface area contributed by atoms with Crippen LogP contribution in [0.3, 0.4) is 0 Å². The highest BCUT2D eigenvalue weighted by molar-refractivity contribution is 6.33. The Morgan fingerprint density at radius 3 is 2.59 bits per heavy atom. The van der Waals surface area contributed by atoms with Crippen LogP contribution in [0.2, 0.25) is 5.02 Å². The summed E-state index contributed by atoms with van der Waals surface area (Å²) >= 11 is 6.12. The number of rotatable bonds is 4. The zero-order valence-corrected chi connectivity index (χ0v) is 15.9. The lowest BCUT2D eigenvalue weighted by Crippen LogP contribution is -2.50. The first-order chi connectivity index (χ1) is 13.2. The number of para-hydroxylation sites is 2. The maximum absolute atomic E-state index is 12.5. The van der Waals surface area contributed by atoms with Gasteiger partial charge in [0.2, 0.25) is 0 Å². The van der Waals surface area contributed by atoms with Crippen LogP contribution in [0.1, 0.15) is 5.56 Å². The predicted molar refractivity (Wildman–Crippen MR) is 110 cm³/mol. The molecule has 6 heteroatoms. The third kappa shape index (κ3) is 4.10. The number of carbonyl (C=O) groups excluding carboxylic acids is 1. The van der Waals surface area contributed by atoms with Crippen molar-refractivity contribution in [1.29, 1.82) is 0 Å². The van der Waals surface area contributed by atoms with E-state index in [4.69, 9.17) is 11.6 Å². The largest absolute Gasteiger partial charge is 0.361 e. The van der Waals surface area contributed by atoms with Crippen molar-refractivity contribution < 1.29 is 4.79 Å². The summed E-state index contributed by atoms with van der Waals surface area (Å²) in [4.78, 5) is 20.1. The van der Waals surface area contributed by atoms with Crippen molar-refractivity contribution in [2.45, 2.75) is 6.42 Å². The van der Waals surface area contributed by atoms with Crippen molar-refractivity contribution in [3.8, 4) is 0 Å².